The molecule has 4 rings (SSSR count). The van der Waals surface area contributed by atoms with Crippen LogP contribution in [0.5, 0.6) is 5.75 Å². The van der Waals surface area contributed by atoms with E-state index in [2.05, 4.69) is 16.2 Å². The highest BCUT2D eigenvalue weighted by atomic mass is 16.5. The number of rotatable bonds is 4. The standard InChI is InChI=1S/C21H21N3O3/c1-13-8-9-19(26-3)16(10-13)12-20-22-21(27-23-20)18-11-15-6-4-5-7-17(15)24(18)14(2)25/h4-10,18H,11-12H2,1-3H3/t18-/m0/s1. The fraction of sp³-hybridized carbons (Fsp3) is 0.286. The third-order valence-corrected chi connectivity index (χ3v) is 4.87. The molecule has 2 aromatic carbocycles. The number of amides is 1. The van der Waals surface area contributed by atoms with Gasteiger partial charge >= 0.3 is 0 Å². The van der Waals surface area contributed by atoms with Gasteiger partial charge < -0.3 is 9.26 Å². The van der Waals surface area contributed by atoms with E-state index in [9.17, 15) is 4.79 Å². The van der Waals surface area contributed by atoms with Gasteiger partial charge in [0.1, 0.15) is 11.8 Å². The van der Waals surface area contributed by atoms with Gasteiger partial charge in [-0.3, -0.25) is 9.69 Å². The molecule has 0 N–H and O–H groups in total. The molecule has 2 heterocycles. The number of carbonyl (C=O) groups excluding carboxylic acids is 1. The lowest BCUT2D eigenvalue weighted by Gasteiger charge is -2.21. The maximum Gasteiger partial charge on any atom is 0.250 e. The average molecular weight is 363 g/mol. The van der Waals surface area contributed by atoms with E-state index < -0.39 is 0 Å². The van der Waals surface area contributed by atoms with Gasteiger partial charge in [0.15, 0.2) is 5.82 Å². The Kier molecular flexibility index (Phi) is 4.39. The largest absolute Gasteiger partial charge is 0.496 e. The molecule has 1 aliphatic heterocycles. The highest BCUT2D eigenvalue weighted by molar-refractivity contribution is 5.94. The first kappa shape index (κ1) is 17.3. The zero-order valence-corrected chi connectivity index (χ0v) is 15.6. The lowest BCUT2D eigenvalue weighted by Crippen LogP contribution is -2.30. The Morgan fingerprint density at radius 2 is 2.11 bits per heavy atom. The molecule has 1 atom stereocenters. The molecule has 0 unspecified atom stereocenters. The number of carbonyl (C=O) groups is 1. The topological polar surface area (TPSA) is 68.5 Å². The summed E-state index contributed by atoms with van der Waals surface area (Å²) in [4.78, 5) is 18.5. The fourth-order valence-electron chi connectivity index (χ4n) is 3.66. The highest BCUT2D eigenvalue weighted by Gasteiger charge is 2.36. The number of anilines is 1. The molecule has 1 aromatic heterocycles. The molecule has 1 aliphatic rings. The average Bonchev–Trinajstić information content (AvgIpc) is 3.26. The molecule has 0 fully saturated rings. The minimum absolute atomic E-state index is 0.0370. The molecule has 1 amide bonds. The van der Waals surface area contributed by atoms with E-state index in [0.29, 0.717) is 24.6 Å². The second kappa shape index (κ2) is 6.87. The van der Waals surface area contributed by atoms with Gasteiger partial charge in [-0.1, -0.05) is 41.1 Å². The van der Waals surface area contributed by atoms with Crippen molar-refractivity contribution in [2.24, 2.45) is 0 Å². The molecule has 0 saturated heterocycles. The van der Waals surface area contributed by atoms with Crippen LogP contribution in [0.3, 0.4) is 0 Å². The van der Waals surface area contributed by atoms with Crippen LogP contribution >= 0.6 is 0 Å². The molecule has 0 aliphatic carbocycles. The first-order chi connectivity index (χ1) is 13.1. The SMILES string of the molecule is COc1ccc(C)cc1Cc1noc([C@@H]2Cc3ccccc3N2C(C)=O)n1. The van der Waals surface area contributed by atoms with Gasteiger partial charge in [-0.25, -0.2) is 0 Å². The molecular weight excluding hydrogens is 342 g/mol. The van der Waals surface area contributed by atoms with Crippen LogP contribution in [-0.4, -0.2) is 23.2 Å². The van der Waals surface area contributed by atoms with E-state index in [1.807, 2.05) is 43.3 Å². The van der Waals surface area contributed by atoms with Crippen LogP contribution in [0.4, 0.5) is 5.69 Å². The van der Waals surface area contributed by atoms with E-state index in [1.165, 1.54) is 0 Å². The Labute approximate surface area is 157 Å². The summed E-state index contributed by atoms with van der Waals surface area (Å²) in [7, 11) is 1.65. The Morgan fingerprint density at radius 1 is 1.30 bits per heavy atom. The lowest BCUT2D eigenvalue weighted by atomic mass is 10.1. The van der Waals surface area contributed by atoms with Gasteiger partial charge in [-0.15, -0.1) is 0 Å². The van der Waals surface area contributed by atoms with Crippen molar-refractivity contribution in [3.63, 3.8) is 0 Å². The number of hydrogen-bond acceptors (Lipinski definition) is 5. The van der Waals surface area contributed by atoms with Crippen LogP contribution in [0.25, 0.3) is 0 Å². The molecule has 0 radical (unpaired) electrons. The number of nitrogens with zero attached hydrogens (tertiary/aromatic N) is 3. The van der Waals surface area contributed by atoms with E-state index >= 15 is 0 Å². The van der Waals surface area contributed by atoms with Crippen LogP contribution in [0, 0.1) is 6.92 Å². The Hall–Kier alpha value is -3.15. The lowest BCUT2D eigenvalue weighted by molar-refractivity contribution is -0.117. The van der Waals surface area contributed by atoms with Gasteiger partial charge in [-0.05, 0) is 24.6 Å². The second-order valence-corrected chi connectivity index (χ2v) is 6.78. The van der Waals surface area contributed by atoms with Crippen molar-refractivity contribution in [2.75, 3.05) is 12.0 Å². The third kappa shape index (κ3) is 3.18. The van der Waals surface area contributed by atoms with Crippen LogP contribution in [0.2, 0.25) is 0 Å². The van der Waals surface area contributed by atoms with E-state index in [4.69, 9.17) is 9.26 Å². The van der Waals surface area contributed by atoms with E-state index in [1.54, 1.807) is 18.9 Å². The number of ether oxygens (including phenoxy) is 1. The normalized spacial score (nSPS) is 15.7. The Bertz CT molecular complexity index is 996. The van der Waals surface area contributed by atoms with E-state index in [-0.39, 0.29) is 11.9 Å². The monoisotopic (exact) mass is 363 g/mol. The highest BCUT2D eigenvalue weighted by Crippen LogP contribution is 2.39. The Morgan fingerprint density at radius 3 is 2.89 bits per heavy atom. The van der Waals surface area contributed by atoms with Gasteiger partial charge in [-0.2, -0.15) is 4.98 Å². The number of para-hydroxylation sites is 1. The van der Waals surface area contributed by atoms with Crippen LogP contribution < -0.4 is 9.64 Å². The van der Waals surface area contributed by atoms with Crippen molar-refractivity contribution < 1.29 is 14.1 Å². The van der Waals surface area contributed by atoms with Crippen molar-refractivity contribution in [1.29, 1.82) is 0 Å². The summed E-state index contributed by atoms with van der Waals surface area (Å²) in [5, 5.41) is 4.14. The predicted molar refractivity (Wildman–Crippen MR) is 101 cm³/mol. The molecule has 0 saturated carbocycles. The van der Waals surface area contributed by atoms with Crippen molar-refractivity contribution in [2.45, 2.75) is 32.7 Å². The molecule has 27 heavy (non-hydrogen) atoms. The summed E-state index contributed by atoms with van der Waals surface area (Å²) < 4.78 is 11.0. The summed E-state index contributed by atoms with van der Waals surface area (Å²) >= 11 is 0. The van der Waals surface area contributed by atoms with Crippen molar-refractivity contribution in [1.82, 2.24) is 10.1 Å². The molecule has 6 nitrogen and oxygen atoms in total. The van der Waals surface area contributed by atoms with Gasteiger partial charge in [0.2, 0.25) is 11.8 Å². The maximum atomic E-state index is 12.2. The number of aromatic nitrogens is 2. The number of hydrogen-bond donors (Lipinski definition) is 0. The first-order valence-electron chi connectivity index (χ1n) is 8.90. The summed E-state index contributed by atoms with van der Waals surface area (Å²) in [6.07, 6.45) is 1.18. The van der Waals surface area contributed by atoms with E-state index in [0.717, 1.165) is 28.1 Å². The molecule has 138 valence electrons. The summed E-state index contributed by atoms with van der Waals surface area (Å²) in [6.45, 7) is 3.59. The third-order valence-electron chi connectivity index (χ3n) is 4.87. The van der Waals surface area contributed by atoms with Gasteiger partial charge in [0.25, 0.3) is 0 Å². The zero-order valence-electron chi connectivity index (χ0n) is 15.6. The number of fused-ring (bicyclic) bond motifs is 1. The summed E-state index contributed by atoms with van der Waals surface area (Å²) in [6, 6.07) is 13.6. The molecule has 6 heteroatoms. The van der Waals surface area contributed by atoms with Crippen LogP contribution in [0.1, 0.15) is 41.4 Å². The summed E-state index contributed by atoms with van der Waals surface area (Å²) in [5.74, 6) is 1.80. The molecular formula is C21H21N3O3. The zero-order chi connectivity index (χ0) is 19.0. The summed E-state index contributed by atoms with van der Waals surface area (Å²) in [5.41, 5.74) is 4.17. The minimum atomic E-state index is -0.263. The van der Waals surface area contributed by atoms with Crippen molar-refractivity contribution in [3.8, 4) is 5.75 Å². The molecule has 3 aromatic rings. The molecule has 0 bridgehead atoms. The fourth-order valence-corrected chi connectivity index (χ4v) is 3.66. The predicted octanol–water partition coefficient (Wildman–Crippen LogP) is 3.63. The number of methoxy groups -OCH3 is 1. The smallest absolute Gasteiger partial charge is 0.250 e. The van der Waals surface area contributed by atoms with Crippen LogP contribution in [0.15, 0.2) is 47.0 Å². The first-order valence-corrected chi connectivity index (χ1v) is 8.90. The van der Waals surface area contributed by atoms with Crippen LogP contribution in [-0.2, 0) is 17.6 Å². The van der Waals surface area contributed by atoms with Crippen molar-refractivity contribution >= 4 is 11.6 Å². The number of benzene rings is 2. The van der Waals surface area contributed by atoms with Gasteiger partial charge in [0.05, 0.1) is 7.11 Å². The minimum Gasteiger partial charge on any atom is -0.496 e. The maximum absolute atomic E-state index is 12.2. The van der Waals surface area contributed by atoms with Crippen molar-refractivity contribution in [3.05, 3.63) is 70.9 Å². The Balaban J connectivity index is 1.62. The molecule has 0 spiro atoms. The van der Waals surface area contributed by atoms with Gasteiger partial charge in [0, 0.05) is 31.0 Å². The second-order valence-electron chi connectivity index (χ2n) is 6.78. The number of aryl methyl sites for hydroxylation is 1. The quantitative estimate of drug-likeness (QED) is 0.708.